The van der Waals surface area contributed by atoms with Crippen LogP contribution in [0.1, 0.15) is 18.1 Å². The van der Waals surface area contributed by atoms with Crippen molar-refractivity contribution in [1.82, 2.24) is 0 Å². The second kappa shape index (κ2) is 7.50. The Balaban J connectivity index is 1.97. The molecule has 0 radical (unpaired) electrons. The van der Waals surface area contributed by atoms with E-state index in [0.29, 0.717) is 6.61 Å². The van der Waals surface area contributed by atoms with Crippen molar-refractivity contribution in [2.75, 3.05) is 23.8 Å². The summed E-state index contributed by atoms with van der Waals surface area (Å²) in [6.45, 7) is 6.70. The summed E-state index contributed by atoms with van der Waals surface area (Å²) in [5.41, 5.74) is 3.84. The van der Waals surface area contributed by atoms with E-state index in [9.17, 15) is 4.79 Å². The summed E-state index contributed by atoms with van der Waals surface area (Å²) in [7, 11) is 0. The van der Waals surface area contributed by atoms with Gasteiger partial charge in [0.2, 0.25) is 5.91 Å². The molecule has 2 aromatic carbocycles. The van der Waals surface area contributed by atoms with Gasteiger partial charge in [-0.1, -0.05) is 24.3 Å². The third-order valence-electron chi connectivity index (χ3n) is 3.29. The van der Waals surface area contributed by atoms with Crippen LogP contribution in [-0.4, -0.2) is 19.1 Å². The van der Waals surface area contributed by atoms with Crippen LogP contribution in [0.2, 0.25) is 0 Å². The third kappa shape index (κ3) is 4.25. The van der Waals surface area contributed by atoms with E-state index < -0.39 is 0 Å². The van der Waals surface area contributed by atoms with Gasteiger partial charge in [-0.15, -0.1) is 0 Å². The lowest BCUT2D eigenvalue weighted by Gasteiger charge is -2.13. The standard InChI is InChI=1S/C18H22N2O2/c1-4-22-17-8-6-5-7-15(17)19-12-18(21)20-16-11-13(2)9-10-14(16)3/h5-11,19H,4,12H2,1-3H3,(H,20,21). The molecule has 4 heteroatoms. The lowest BCUT2D eigenvalue weighted by molar-refractivity contribution is -0.114. The minimum absolute atomic E-state index is 0.0833. The summed E-state index contributed by atoms with van der Waals surface area (Å²) in [6, 6.07) is 13.6. The van der Waals surface area contributed by atoms with Gasteiger partial charge in [0, 0.05) is 5.69 Å². The largest absolute Gasteiger partial charge is 0.492 e. The summed E-state index contributed by atoms with van der Waals surface area (Å²) >= 11 is 0. The molecule has 0 fully saturated rings. The van der Waals surface area contributed by atoms with Crippen molar-refractivity contribution in [2.24, 2.45) is 0 Å². The summed E-state index contributed by atoms with van der Waals surface area (Å²) < 4.78 is 5.53. The molecule has 0 aliphatic rings. The van der Waals surface area contributed by atoms with E-state index in [1.807, 2.05) is 63.2 Å². The third-order valence-corrected chi connectivity index (χ3v) is 3.29. The zero-order chi connectivity index (χ0) is 15.9. The van der Waals surface area contributed by atoms with E-state index in [2.05, 4.69) is 10.6 Å². The molecule has 2 aromatic rings. The van der Waals surface area contributed by atoms with E-state index >= 15 is 0 Å². The predicted molar refractivity (Wildman–Crippen MR) is 90.6 cm³/mol. The number of para-hydroxylation sites is 2. The van der Waals surface area contributed by atoms with Crippen LogP contribution in [0.5, 0.6) is 5.75 Å². The van der Waals surface area contributed by atoms with Gasteiger partial charge in [-0.3, -0.25) is 4.79 Å². The first-order chi connectivity index (χ1) is 10.6. The Morgan fingerprint density at radius 3 is 2.64 bits per heavy atom. The first-order valence-electron chi connectivity index (χ1n) is 7.43. The Labute approximate surface area is 131 Å². The van der Waals surface area contributed by atoms with Crippen LogP contribution in [0.25, 0.3) is 0 Å². The Kier molecular flexibility index (Phi) is 5.42. The maximum atomic E-state index is 12.1. The quantitative estimate of drug-likeness (QED) is 0.854. The Morgan fingerprint density at radius 2 is 1.86 bits per heavy atom. The molecule has 0 aliphatic heterocycles. The topological polar surface area (TPSA) is 50.4 Å². The highest BCUT2D eigenvalue weighted by Gasteiger charge is 2.07. The molecule has 0 saturated heterocycles. The predicted octanol–water partition coefficient (Wildman–Crippen LogP) is 3.75. The minimum atomic E-state index is -0.0833. The molecule has 0 saturated carbocycles. The molecule has 22 heavy (non-hydrogen) atoms. The van der Waals surface area contributed by atoms with Crippen LogP contribution in [0.15, 0.2) is 42.5 Å². The smallest absolute Gasteiger partial charge is 0.243 e. The number of hydrogen-bond donors (Lipinski definition) is 2. The van der Waals surface area contributed by atoms with Gasteiger partial charge in [-0.25, -0.2) is 0 Å². The number of carbonyl (C=O) groups is 1. The highest BCUT2D eigenvalue weighted by molar-refractivity contribution is 5.94. The molecule has 0 spiro atoms. The van der Waals surface area contributed by atoms with Crippen molar-refractivity contribution in [1.29, 1.82) is 0 Å². The molecule has 0 heterocycles. The lowest BCUT2D eigenvalue weighted by Crippen LogP contribution is -2.22. The average Bonchev–Trinajstić information content (AvgIpc) is 2.50. The lowest BCUT2D eigenvalue weighted by atomic mass is 10.1. The highest BCUT2D eigenvalue weighted by atomic mass is 16.5. The Bertz CT molecular complexity index is 653. The fourth-order valence-corrected chi connectivity index (χ4v) is 2.13. The number of rotatable bonds is 6. The molecule has 0 unspecified atom stereocenters. The van der Waals surface area contributed by atoms with Crippen LogP contribution in [0.4, 0.5) is 11.4 Å². The number of benzene rings is 2. The fraction of sp³-hybridized carbons (Fsp3) is 0.278. The zero-order valence-electron chi connectivity index (χ0n) is 13.3. The van der Waals surface area contributed by atoms with Gasteiger partial charge in [0.15, 0.2) is 0 Å². The zero-order valence-corrected chi connectivity index (χ0v) is 13.3. The fourth-order valence-electron chi connectivity index (χ4n) is 2.13. The number of ether oxygens (including phenoxy) is 1. The van der Waals surface area contributed by atoms with Crippen LogP contribution in [0, 0.1) is 13.8 Å². The SMILES string of the molecule is CCOc1ccccc1NCC(=O)Nc1cc(C)ccc1C. The second-order valence-corrected chi connectivity index (χ2v) is 5.15. The first kappa shape index (κ1) is 15.9. The molecule has 0 atom stereocenters. The molecule has 0 aromatic heterocycles. The van der Waals surface area contributed by atoms with Crippen LogP contribution < -0.4 is 15.4 Å². The minimum Gasteiger partial charge on any atom is -0.492 e. The number of aryl methyl sites for hydroxylation is 2. The molecule has 2 rings (SSSR count). The molecule has 0 aliphatic carbocycles. The van der Waals surface area contributed by atoms with Crippen LogP contribution in [-0.2, 0) is 4.79 Å². The van der Waals surface area contributed by atoms with Crippen molar-refractivity contribution < 1.29 is 9.53 Å². The van der Waals surface area contributed by atoms with Gasteiger partial charge in [-0.05, 0) is 50.1 Å². The van der Waals surface area contributed by atoms with E-state index in [0.717, 1.165) is 28.3 Å². The summed E-state index contributed by atoms with van der Waals surface area (Å²) in [5, 5.41) is 6.05. The van der Waals surface area contributed by atoms with Gasteiger partial charge in [-0.2, -0.15) is 0 Å². The maximum absolute atomic E-state index is 12.1. The first-order valence-corrected chi connectivity index (χ1v) is 7.43. The molecule has 4 nitrogen and oxygen atoms in total. The number of amides is 1. The van der Waals surface area contributed by atoms with Crippen molar-refractivity contribution in [2.45, 2.75) is 20.8 Å². The van der Waals surface area contributed by atoms with E-state index in [1.54, 1.807) is 0 Å². The van der Waals surface area contributed by atoms with Gasteiger partial charge >= 0.3 is 0 Å². The molecule has 116 valence electrons. The van der Waals surface area contributed by atoms with Crippen molar-refractivity contribution in [3.63, 3.8) is 0 Å². The van der Waals surface area contributed by atoms with Gasteiger partial charge in [0.1, 0.15) is 5.75 Å². The normalized spacial score (nSPS) is 10.1. The number of anilines is 2. The van der Waals surface area contributed by atoms with E-state index in [-0.39, 0.29) is 12.5 Å². The van der Waals surface area contributed by atoms with Crippen LogP contribution >= 0.6 is 0 Å². The van der Waals surface area contributed by atoms with E-state index in [1.165, 1.54) is 0 Å². The van der Waals surface area contributed by atoms with Crippen molar-refractivity contribution in [3.8, 4) is 5.75 Å². The second-order valence-electron chi connectivity index (χ2n) is 5.15. The Morgan fingerprint density at radius 1 is 1.09 bits per heavy atom. The van der Waals surface area contributed by atoms with E-state index in [4.69, 9.17) is 4.74 Å². The number of hydrogen-bond acceptors (Lipinski definition) is 3. The highest BCUT2D eigenvalue weighted by Crippen LogP contribution is 2.23. The monoisotopic (exact) mass is 298 g/mol. The molecule has 2 N–H and O–H groups in total. The molecule has 1 amide bonds. The van der Waals surface area contributed by atoms with Crippen LogP contribution in [0.3, 0.4) is 0 Å². The molecular weight excluding hydrogens is 276 g/mol. The summed E-state index contributed by atoms with van der Waals surface area (Å²) in [4.78, 5) is 12.1. The van der Waals surface area contributed by atoms with Gasteiger partial charge in [0.05, 0.1) is 18.8 Å². The maximum Gasteiger partial charge on any atom is 0.243 e. The van der Waals surface area contributed by atoms with Crippen molar-refractivity contribution >= 4 is 17.3 Å². The average molecular weight is 298 g/mol. The molecule has 0 bridgehead atoms. The van der Waals surface area contributed by atoms with Gasteiger partial charge < -0.3 is 15.4 Å². The Hall–Kier alpha value is -2.49. The number of carbonyl (C=O) groups excluding carboxylic acids is 1. The summed E-state index contributed by atoms with van der Waals surface area (Å²) in [6.07, 6.45) is 0. The van der Waals surface area contributed by atoms with Crippen molar-refractivity contribution in [3.05, 3.63) is 53.6 Å². The summed E-state index contributed by atoms with van der Waals surface area (Å²) in [5.74, 6) is 0.671. The number of nitrogens with one attached hydrogen (secondary N) is 2. The molecular formula is C18H22N2O2. The van der Waals surface area contributed by atoms with Gasteiger partial charge in [0.25, 0.3) is 0 Å².